The molecule has 2 unspecified atom stereocenters. The zero-order chi connectivity index (χ0) is 22.5. The number of ether oxygens (including phenoxy) is 1. The normalized spacial score (nSPS) is 21.5. The summed E-state index contributed by atoms with van der Waals surface area (Å²) in [6.45, 7) is 5.71. The molecular weight excluding hydrogens is 414 g/mol. The minimum atomic E-state index is -0.251. The van der Waals surface area contributed by atoms with E-state index in [9.17, 15) is 9.90 Å². The van der Waals surface area contributed by atoms with E-state index in [2.05, 4.69) is 30.0 Å². The van der Waals surface area contributed by atoms with Crippen molar-refractivity contribution in [2.45, 2.75) is 25.3 Å². The van der Waals surface area contributed by atoms with Crippen molar-refractivity contribution < 1.29 is 14.6 Å². The van der Waals surface area contributed by atoms with Crippen LogP contribution < -0.4 is 4.90 Å². The Morgan fingerprint density at radius 2 is 1.85 bits per heavy atom. The van der Waals surface area contributed by atoms with Gasteiger partial charge in [-0.25, -0.2) is 0 Å². The number of aromatic nitrogens is 1. The van der Waals surface area contributed by atoms with E-state index in [0.29, 0.717) is 31.7 Å². The average molecular weight is 442 g/mol. The standard InChI is InChI=1S/C27H27N3O3/c1-17-16-30-26(21-14-19(31)7-8-20(17)21)25-22(27(30)32)15-24(29-9-11-33-12-10-29)23(28-25)13-18-5-3-2-4-6-18/h2-8,14-15,17,26,31H,9-13,16H2,1H3. The van der Waals surface area contributed by atoms with Gasteiger partial charge in [0.15, 0.2) is 0 Å². The number of nitrogens with zero attached hydrogens (tertiary/aromatic N) is 3. The van der Waals surface area contributed by atoms with E-state index >= 15 is 0 Å². The molecule has 2 atom stereocenters. The average Bonchev–Trinajstić information content (AvgIpc) is 3.10. The molecule has 3 aliphatic rings. The predicted octanol–water partition coefficient (Wildman–Crippen LogP) is 3.88. The van der Waals surface area contributed by atoms with Gasteiger partial charge in [-0.15, -0.1) is 0 Å². The smallest absolute Gasteiger partial charge is 0.256 e. The van der Waals surface area contributed by atoms with Crippen LogP contribution in [0, 0.1) is 0 Å². The van der Waals surface area contributed by atoms with Crippen LogP contribution in [0.1, 0.15) is 57.3 Å². The lowest BCUT2D eigenvalue weighted by Crippen LogP contribution is -2.37. The highest BCUT2D eigenvalue weighted by Crippen LogP contribution is 2.47. The fourth-order valence-electron chi connectivity index (χ4n) is 5.50. The van der Waals surface area contributed by atoms with Crippen molar-refractivity contribution in [3.8, 4) is 5.75 Å². The Bertz CT molecular complexity index is 1220. The Morgan fingerprint density at radius 1 is 1.06 bits per heavy atom. The number of amides is 1. The number of phenolic OH excluding ortho intramolecular Hbond substituents is 1. The van der Waals surface area contributed by atoms with Gasteiger partial charge in [-0.05, 0) is 40.8 Å². The minimum Gasteiger partial charge on any atom is -0.508 e. The quantitative estimate of drug-likeness (QED) is 0.668. The van der Waals surface area contributed by atoms with Gasteiger partial charge in [0, 0.05) is 26.1 Å². The summed E-state index contributed by atoms with van der Waals surface area (Å²) in [4.78, 5) is 23.0. The molecule has 3 aliphatic heterocycles. The number of hydrogen-bond acceptors (Lipinski definition) is 5. The number of hydrogen-bond donors (Lipinski definition) is 1. The maximum atomic E-state index is 13.6. The minimum absolute atomic E-state index is 0.0316. The number of carbonyl (C=O) groups excluding carboxylic acids is 1. The number of fused-ring (bicyclic) bond motifs is 5. The Balaban J connectivity index is 1.51. The monoisotopic (exact) mass is 441 g/mol. The Labute approximate surface area is 193 Å². The Kier molecular flexibility index (Phi) is 4.84. The van der Waals surface area contributed by atoms with Crippen molar-refractivity contribution >= 4 is 11.6 Å². The lowest BCUT2D eigenvalue weighted by atomic mass is 9.86. The summed E-state index contributed by atoms with van der Waals surface area (Å²) in [5.41, 5.74) is 6.85. The third-order valence-electron chi connectivity index (χ3n) is 7.10. The van der Waals surface area contributed by atoms with Gasteiger partial charge < -0.3 is 19.6 Å². The van der Waals surface area contributed by atoms with Gasteiger partial charge in [-0.2, -0.15) is 0 Å². The number of pyridine rings is 1. The summed E-state index contributed by atoms with van der Waals surface area (Å²) in [5.74, 6) is 0.458. The largest absolute Gasteiger partial charge is 0.508 e. The molecule has 33 heavy (non-hydrogen) atoms. The first-order valence-electron chi connectivity index (χ1n) is 11.6. The van der Waals surface area contributed by atoms with Crippen LogP contribution in [0.15, 0.2) is 54.6 Å². The van der Waals surface area contributed by atoms with Crippen molar-refractivity contribution in [2.24, 2.45) is 0 Å². The Morgan fingerprint density at radius 3 is 2.64 bits per heavy atom. The van der Waals surface area contributed by atoms with E-state index in [1.165, 1.54) is 11.1 Å². The maximum Gasteiger partial charge on any atom is 0.256 e. The first-order valence-corrected chi connectivity index (χ1v) is 11.6. The van der Waals surface area contributed by atoms with Crippen LogP contribution in [-0.4, -0.2) is 53.7 Å². The molecule has 0 spiro atoms. The SMILES string of the molecule is CC1CN2C(=O)c3cc(N4CCOCC4)c(Cc4ccccc4)nc3C2c2cc(O)ccc21. The number of benzene rings is 2. The highest BCUT2D eigenvalue weighted by molar-refractivity contribution is 6.00. The molecule has 0 aliphatic carbocycles. The molecule has 4 heterocycles. The molecule has 1 fully saturated rings. The molecule has 6 nitrogen and oxygen atoms in total. The lowest BCUT2D eigenvalue weighted by Gasteiger charge is -2.36. The van der Waals surface area contributed by atoms with E-state index in [1.54, 1.807) is 12.1 Å². The first-order chi connectivity index (χ1) is 16.1. The molecule has 0 saturated carbocycles. The number of phenols is 1. The summed E-state index contributed by atoms with van der Waals surface area (Å²) in [7, 11) is 0. The Hall–Kier alpha value is -3.38. The van der Waals surface area contributed by atoms with Crippen molar-refractivity contribution in [2.75, 3.05) is 37.7 Å². The van der Waals surface area contributed by atoms with E-state index < -0.39 is 0 Å². The molecule has 168 valence electrons. The van der Waals surface area contributed by atoms with Crippen LogP contribution in [0.3, 0.4) is 0 Å². The van der Waals surface area contributed by atoms with Gasteiger partial charge in [0.2, 0.25) is 0 Å². The van der Waals surface area contributed by atoms with E-state index in [4.69, 9.17) is 9.72 Å². The van der Waals surface area contributed by atoms with Crippen molar-refractivity contribution in [1.29, 1.82) is 0 Å². The molecule has 6 rings (SSSR count). The molecule has 1 saturated heterocycles. The van der Waals surface area contributed by atoms with Crippen molar-refractivity contribution in [3.63, 3.8) is 0 Å². The second-order valence-corrected chi connectivity index (χ2v) is 9.22. The zero-order valence-corrected chi connectivity index (χ0v) is 18.7. The molecule has 1 N–H and O–H groups in total. The van der Waals surface area contributed by atoms with Gasteiger partial charge in [0.1, 0.15) is 11.8 Å². The summed E-state index contributed by atoms with van der Waals surface area (Å²) in [6, 6.07) is 17.7. The fraction of sp³-hybridized carbons (Fsp3) is 0.333. The van der Waals surface area contributed by atoms with Gasteiger partial charge in [-0.1, -0.05) is 43.3 Å². The first kappa shape index (κ1) is 20.2. The van der Waals surface area contributed by atoms with Gasteiger partial charge >= 0.3 is 0 Å². The summed E-state index contributed by atoms with van der Waals surface area (Å²) >= 11 is 0. The topological polar surface area (TPSA) is 65.9 Å². The number of carbonyl (C=O) groups is 1. The number of aromatic hydroxyl groups is 1. The van der Waals surface area contributed by atoms with Crippen LogP contribution in [0.4, 0.5) is 5.69 Å². The van der Waals surface area contributed by atoms with E-state index in [1.807, 2.05) is 29.2 Å². The molecule has 1 amide bonds. The molecule has 0 bridgehead atoms. The van der Waals surface area contributed by atoms with Crippen LogP contribution >= 0.6 is 0 Å². The highest BCUT2D eigenvalue weighted by atomic mass is 16.5. The number of anilines is 1. The molecule has 2 aromatic carbocycles. The van der Waals surface area contributed by atoms with Gasteiger partial charge in [0.25, 0.3) is 5.91 Å². The highest BCUT2D eigenvalue weighted by Gasteiger charge is 2.44. The molecule has 1 aromatic heterocycles. The van der Waals surface area contributed by atoms with Crippen LogP contribution in [0.25, 0.3) is 0 Å². The fourth-order valence-corrected chi connectivity index (χ4v) is 5.50. The van der Waals surface area contributed by atoms with Crippen LogP contribution in [0.5, 0.6) is 5.75 Å². The van der Waals surface area contributed by atoms with Gasteiger partial charge in [0.05, 0.1) is 35.9 Å². The molecule has 6 heteroatoms. The summed E-state index contributed by atoms with van der Waals surface area (Å²) in [6.07, 6.45) is 0.699. The molecule has 0 radical (unpaired) electrons. The van der Waals surface area contributed by atoms with Crippen molar-refractivity contribution in [3.05, 3.63) is 88.2 Å². The zero-order valence-electron chi connectivity index (χ0n) is 18.7. The van der Waals surface area contributed by atoms with E-state index in [0.717, 1.165) is 35.7 Å². The maximum absolute atomic E-state index is 13.6. The third-order valence-corrected chi connectivity index (χ3v) is 7.10. The van der Waals surface area contributed by atoms with E-state index in [-0.39, 0.29) is 23.6 Å². The summed E-state index contributed by atoms with van der Waals surface area (Å²) < 4.78 is 5.57. The van der Waals surface area contributed by atoms with Crippen LogP contribution in [0.2, 0.25) is 0 Å². The van der Waals surface area contributed by atoms with Crippen molar-refractivity contribution in [1.82, 2.24) is 9.88 Å². The van der Waals surface area contributed by atoms with Gasteiger partial charge in [-0.3, -0.25) is 9.78 Å². The lowest BCUT2D eigenvalue weighted by molar-refractivity contribution is 0.0724. The third kappa shape index (κ3) is 3.37. The predicted molar refractivity (Wildman–Crippen MR) is 126 cm³/mol. The van der Waals surface area contributed by atoms with Crippen LogP contribution in [-0.2, 0) is 11.2 Å². The second-order valence-electron chi connectivity index (χ2n) is 9.22. The number of rotatable bonds is 3. The summed E-state index contributed by atoms with van der Waals surface area (Å²) in [5, 5.41) is 10.2. The molecular formula is C27H27N3O3. The molecule has 3 aromatic rings. The second kappa shape index (κ2) is 7.89. The number of morpholine rings is 1.